The SMILES string of the molecule is CN1CC/C=C/[C@@H](O)[C@@H]2CC[C@H]2CN2C[C@@]3(CCCc4cc(Cl)ccc43)COc3ccc(cc32)C(CC(=O)OC(C)(C)C)(C(=O)O)CC1=O. The zero-order valence-corrected chi connectivity index (χ0v) is 29.8. The molecule has 9 nitrogen and oxygen atoms in total. The second-order valence-corrected chi connectivity index (χ2v) is 16.1. The normalized spacial score (nSPS) is 29.5. The predicted octanol–water partition coefficient (Wildman–Crippen LogP) is 6.06. The number of halogens is 1. The summed E-state index contributed by atoms with van der Waals surface area (Å²) < 4.78 is 12.3. The van der Waals surface area contributed by atoms with Crippen LogP contribution < -0.4 is 9.64 Å². The van der Waals surface area contributed by atoms with Gasteiger partial charge in [-0.2, -0.15) is 0 Å². The molecule has 2 bridgehead atoms. The highest BCUT2D eigenvalue weighted by Gasteiger charge is 2.48. The molecule has 2 aromatic rings. The molecule has 10 heteroatoms. The van der Waals surface area contributed by atoms with Gasteiger partial charge in [0.1, 0.15) is 16.8 Å². The van der Waals surface area contributed by atoms with Crippen molar-refractivity contribution in [2.24, 2.45) is 11.8 Å². The molecule has 2 aromatic carbocycles. The maximum Gasteiger partial charge on any atom is 0.315 e. The second kappa shape index (κ2) is 13.6. The fourth-order valence-electron chi connectivity index (χ4n) is 8.30. The summed E-state index contributed by atoms with van der Waals surface area (Å²) in [6.45, 7) is 7.26. The lowest BCUT2D eigenvalue weighted by molar-refractivity contribution is -0.162. The summed E-state index contributed by atoms with van der Waals surface area (Å²) in [7, 11) is 1.64. The van der Waals surface area contributed by atoms with E-state index in [-0.39, 0.29) is 17.3 Å². The molecule has 2 aliphatic heterocycles. The van der Waals surface area contributed by atoms with E-state index in [9.17, 15) is 24.6 Å². The minimum Gasteiger partial charge on any atom is -0.490 e. The van der Waals surface area contributed by atoms with Crippen molar-refractivity contribution >= 4 is 35.1 Å². The number of rotatable bonds is 3. The summed E-state index contributed by atoms with van der Waals surface area (Å²) in [6.07, 6.45) is 7.44. The molecule has 0 aromatic heterocycles. The third kappa shape index (κ3) is 7.20. The lowest BCUT2D eigenvalue weighted by Crippen LogP contribution is -2.49. The van der Waals surface area contributed by atoms with Crippen molar-refractivity contribution in [1.29, 1.82) is 0 Å². The Balaban J connectivity index is 1.49. The molecule has 1 unspecified atom stereocenters. The maximum absolute atomic E-state index is 13.7. The van der Waals surface area contributed by atoms with Gasteiger partial charge >= 0.3 is 11.9 Å². The van der Waals surface area contributed by atoms with Crippen LogP contribution in [0.25, 0.3) is 0 Å². The van der Waals surface area contributed by atoms with E-state index >= 15 is 0 Å². The first-order valence-corrected chi connectivity index (χ1v) is 17.9. The first kappa shape index (κ1) is 35.3. The van der Waals surface area contributed by atoms with Crippen LogP contribution in [0.2, 0.25) is 5.02 Å². The molecule has 5 atom stereocenters. The zero-order valence-electron chi connectivity index (χ0n) is 29.0. The number of aryl methyl sites for hydroxylation is 1. The Morgan fingerprint density at radius 1 is 1.14 bits per heavy atom. The number of aliphatic hydroxyl groups is 1. The molecule has 2 N–H and O–H groups in total. The third-order valence-corrected chi connectivity index (χ3v) is 11.3. The largest absolute Gasteiger partial charge is 0.490 e. The van der Waals surface area contributed by atoms with E-state index < -0.39 is 47.8 Å². The van der Waals surface area contributed by atoms with Gasteiger partial charge in [-0.05, 0) is 112 Å². The Morgan fingerprint density at radius 2 is 1.94 bits per heavy atom. The van der Waals surface area contributed by atoms with Gasteiger partial charge in [-0.1, -0.05) is 35.9 Å². The lowest BCUT2D eigenvalue weighted by atomic mass is 9.68. The zero-order chi connectivity index (χ0) is 35.1. The number of aliphatic carboxylic acids is 1. The van der Waals surface area contributed by atoms with Crippen molar-refractivity contribution in [3.63, 3.8) is 0 Å². The van der Waals surface area contributed by atoms with E-state index in [1.165, 1.54) is 16.0 Å². The van der Waals surface area contributed by atoms with Crippen LogP contribution in [0.15, 0.2) is 48.6 Å². The number of ether oxygens (including phenoxy) is 2. The number of aliphatic hydroxyl groups excluding tert-OH is 1. The third-order valence-electron chi connectivity index (χ3n) is 11.1. The van der Waals surface area contributed by atoms with Crippen molar-refractivity contribution in [2.45, 2.75) is 94.7 Å². The fourth-order valence-corrected chi connectivity index (χ4v) is 8.49. The van der Waals surface area contributed by atoms with Gasteiger partial charge in [-0.25, -0.2) is 0 Å². The number of benzene rings is 2. The van der Waals surface area contributed by atoms with Crippen LogP contribution in [0.3, 0.4) is 0 Å². The number of carbonyl (C=O) groups excluding carboxylic acids is 2. The van der Waals surface area contributed by atoms with E-state index in [0.29, 0.717) is 49.0 Å². The van der Waals surface area contributed by atoms with Gasteiger partial charge in [-0.3, -0.25) is 14.4 Å². The van der Waals surface area contributed by atoms with Gasteiger partial charge in [0.25, 0.3) is 0 Å². The van der Waals surface area contributed by atoms with Crippen molar-refractivity contribution < 1.29 is 34.1 Å². The van der Waals surface area contributed by atoms with Gasteiger partial charge in [0.05, 0.1) is 24.8 Å². The molecule has 1 saturated carbocycles. The Labute approximate surface area is 294 Å². The minimum absolute atomic E-state index is 0.0815. The van der Waals surface area contributed by atoms with Crippen LogP contribution in [0.1, 0.15) is 82.4 Å². The van der Waals surface area contributed by atoms with Crippen LogP contribution in [0.5, 0.6) is 5.75 Å². The topological polar surface area (TPSA) is 117 Å². The van der Waals surface area contributed by atoms with E-state index in [1.807, 2.05) is 24.3 Å². The lowest BCUT2D eigenvalue weighted by Gasteiger charge is -2.45. The standard InChI is InChI=1S/C39H49ClN2O7/c1-37(2,3)49-35(45)21-39(36(46)47)20-34(44)41(4)17-6-5-9-32(43)29-13-10-26(29)22-42-23-38(24-48-33-15-11-27(39)19-31(33)42)16-7-8-25-18-28(40)12-14-30(25)38/h5,9,11-12,14-15,18-19,26,29,32,43H,6-8,10,13,16-17,20-24H2,1-4H3,(H,46,47)/b9-5+/t26-,29+,32+,38-,39?/m0/s1. The number of hydrogen-bond acceptors (Lipinski definition) is 7. The van der Waals surface area contributed by atoms with Gasteiger partial charge in [-0.15, -0.1) is 0 Å². The summed E-state index contributed by atoms with van der Waals surface area (Å²) in [5, 5.41) is 22.9. The highest BCUT2D eigenvalue weighted by Crippen LogP contribution is 2.48. The van der Waals surface area contributed by atoms with Gasteiger partial charge in [0.15, 0.2) is 0 Å². The van der Waals surface area contributed by atoms with Crippen LogP contribution in [-0.2, 0) is 36.4 Å². The monoisotopic (exact) mass is 692 g/mol. The van der Waals surface area contributed by atoms with Crippen LogP contribution in [0.4, 0.5) is 5.69 Å². The van der Waals surface area contributed by atoms with Crippen molar-refractivity contribution in [3.8, 4) is 5.75 Å². The highest BCUT2D eigenvalue weighted by molar-refractivity contribution is 6.30. The minimum atomic E-state index is -1.88. The van der Waals surface area contributed by atoms with Gasteiger partial charge < -0.3 is 29.5 Å². The average molecular weight is 693 g/mol. The molecule has 49 heavy (non-hydrogen) atoms. The molecule has 1 fully saturated rings. The number of carboxylic acid groups (broad SMARTS) is 1. The second-order valence-electron chi connectivity index (χ2n) is 15.6. The molecule has 264 valence electrons. The first-order chi connectivity index (χ1) is 23.2. The number of nitrogens with zero attached hydrogens (tertiary/aromatic N) is 2. The number of amides is 1. The number of carbonyl (C=O) groups is 3. The molecule has 0 saturated heterocycles. The summed E-state index contributed by atoms with van der Waals surface area (Å²) in [5.41, 5.74) is 0.464. The summed E-state index contributed by atoms with van der Waals surface area (Å²) in [5.74, 6) is -1.43. The maximum atomic E-state index is 13.7. The highest BCUT2D eigenvalue weighted by atomic mass is 35.5. The fraction of sp³-hybridized carbons (Fsp3) is 0.564. The van der Waals surface area contributed by atoms with E-state index in [1.54, 1.807) is 40.0 Å². The number of anilines is 1. The molecule has 6 rings (SSSR count). The molecule has 1 amide bonds. The van der Waals surface area contributed by atoms with E-state index in [0.717, 1.165) is 37.8 Å². The Morgan fingerprint density at radius 3 is 2.65 bits per heavy atom. The molecular formula is C39H49ClN2O7. The van der Waals surface area contributed by atoms with Crippen molar-refractivity contribution in [3.05, 3.63) is 70.3 Å². The van der Waals surface area contributed by atoms with Crippen LogP contribution in [0, 0.1) is 11.8 Å². The number of esters is 1. The Kier molecular flexibility index (Phi) is 9.81. The van der Waals surface area contributed by atoms with Crippen LogP contribution >= 0.6 is 11.6 Å². The van der Waals surface area contributed by atoms with Crippen LogP contribution in [-0.4, -0.2) is 78.0 Å². The summed E-state index contributed by atoms with van der Waals surface area (Å²) in [6, 6.07) is 11.4. The van der Waals surface area contributed by atoms with Crippen molar-refractivity contribution in [1.82, 2.24) is 4.90 Å². The first-order valence-electron chi connectivity index (χ1n) is 17.5. The molecule has 2 aliphatic carbocycles. The van der Waals surface area contributed by atoms with Crippen molar-refractivity contribution in [2.75, 3.05) is 38.2 Å². The molecule has 0 radical (unpaired) electrons. The van der Waals surface area contributed by atoms with E-state index in [4.69, 9.17) is 21.1 Å². The summed E-state index contributed by atoms with van der Waals surface area (Å²) >= 11 is 6.44. The van der Waals surface area contributed by atoms with E-state index in [2.05, 4.69) is 17.0 Å². The molecule has 4 aliphatic rings. The average Bonchev–Trinajstić information content (AvgIpc) is 3.16. The number of fused-ring (bicyclic) bond motifs is 4. The van der Waals surface area contributed by atoms with Gasteiger partial charge in [0.2, 0.25) is 5.91 Å². The predicted molar refractivity (Wildman–Crippen MR) is 188 cm³/mol. The Hall–Kier alpha value is -3.56. The molecular weight excluding hydrogens is 644 g/mol. The smallest absolute Gasteiger partial charge is 0.315 e. The van der Waals surface area contributed by atoms with Gasteiger partial charge in [0, 0.05) is 43.5 Å². The quantitative estimate of drug-likeness (QED) is 0.295. The number of carboxylic acids is 1. The molecule has 2 heterocycles. The molecule has 1 spiro atoms. The Bertz CT molecular complexity index is 1640. The summed E-state index contributed by atoms with van der Waals surface area (Å²) in [4.78, 5) is 44.4. The number of hydrogen-bond donors (Lipinski definition) is 2.